The monoisotopic (exact) mass is 262 g/mol. The highest BCUT2D eigenvalue weighted by molar-refractivity contribution is 6.31. The summed E-state index contributed by atoms with van der Waals surface area (Å²) >= 11 is 5.97. The van der Waals surface area contributed by atoms with Crippen LogP contribution in [0.1, 0.15) is 31.2 Å². The highest BCUT2D eigenvalue weighted by atomic mass is 35.5. The molecule has 0 amide bonds. The third-order valence-electron chi connectivity index (χ3n) is 4.38. The molecule has 1 aliphatic heterocycles. The molecule has 4 heteroatoms. The van der Waals surface area contributed by atoms with E-state index in [0.29, 0.717) is 17.0 Å². The summed E-state index contributed by atoms with van der Waals surface area (Å²) in [6, 6.07) is 5.92. The van der Waals surface area contributed by atoms with Gasteiger partial charge in [-0.05, 0) is 43.4 Å². The predicted octanol–water partition coefficient (Wildman–Crippen LogP) is 3.54. The number of halogens is 1. The highest BCUT2D eigenvalue weighted by Crippen LogP contribution is 2.44. The molecule has 3 atom stereocenters. The fraction of sp³-hybridized carbons (Fsp3) is 0.500. The summed E-state index contributed by atoms with van der Waals surface area (Å²) in [6.07, 6.45) is 3.99. The maximum atomic E-state index is 5.97. The first kappa shape index (κ1) is 10.8. The molecular weight excluding hydrogens is 248 g/mol. The van der Waals surface area contributed by atoms with Crippen LogP contribution in [0.4, 0.5) is 0 Å². The van der Waals surface area contributed by atoms with E-state index in [1.54, 1.807) is 0 Å². The average Bonchev–Trinajstić information content (AvgIpc) is 3.00. The van der Waals surface area contributed by atoms with Crippen LogP contribution in [0, 0.1) is 11.8 Å². The number of benzene rings is 1. The average molecular weight is 263 g/mol. The van der Waals surface area contributed by atoms with E-state index >= 15 is 0 Å². The maximum Gasteiger partial charge on any atom is 0.212 e. The summed E-state index contributed by atoms with van der Waals surface area (Å²) in [5.74, 6) is 2.35. The molecule has 0 radical (unpaired) electrons. The first-order valence-electron chi connectivity index (χ1n) is 6.60. The van der Waals surface area contributed by atoms with Gasteiger partial charge in [-0.25, -0.2) is 4.98 Å². The van der Waals surface area contributed by atoms with Crippen molar-refractivity contribution in [2.75, 3.05) is 6.54 Å². The molecule has 1 aliphatic carbocycles. The van der Waals surface area contributed by atoms with Gasteiger partial charge in [0.2, 0.25) is 5.89 Å². The van der Waals surface area contributed by atoms with Crippen LogP contribution in [-0.4, -0.2) is 11.5 Å². The van der Waals surface area contributed by atoms with Gasteiger partial charge in [0.25, 0.3) is 0 Å². The third kappa shape index (κ3) is 1.57. The second kappa shape index (κ2) is 3.97. The predicted molar refractivity (Wildman–Crippen MR) is 70.6 cm³/mol. The van der Waals surface area contributed by atoms with Crippen LogP contribution in [-0.2, 0) is 0 Å². The van der Waals surface area contributed by atoms with E-state index in [4.69, 9.17) is 16.0 Å². The fourth-order valence-electron chi connectivity index (χ4n) is 3.51. The number of aromatic nitrogens is 1. The number of nitrogens with zero attached hydrogens (tertiary/aromatic N) is 1. The van der Waals surface area contributed by atoms with Crippen molar-refractivity contribution >= 4 is 22.7 Å². The van der Waals surface area contributed by atoms with E-state index in [2.05, 4.69) is 10.3 Å². The summed E-state index contributed by atoms with van der Waals surface area (Å²) in [5.41, 5.74) is 1.69. The molecule has 0 spiro atoms. The molecule has 3 nitrogen and oxygen atoms in total. The molecule has 2 aliphatic rings. The zero-order valence-corrected chi connectivity index (χ0v) is 10.8. The highest BCUT2D eigenvalue weighted by Gasteiger charge is 2.41. The van der Waals surface area contributed by atoms with Crippen molar-refractivity contribution in [1.82, 2.24) is 10.3 Å². The minimum absolute atomic E-state index is 0.295. The number of oxazole rings is 1. The number of rotatable bonds is 1. The second-order valence-electron chi connectivity index (χ2n) is 5.40. The third-order valence-corrected chi connectivity index (χ3v) is 4.61. The smallest absolute Gasteiger partial charge is 0.212 e. The van der Waals surface area contributed by atoms with Crippen molar-refractivity contribution in [1.29, 1.82) is 0 Å². The fourth-order valence-corrected chi connectivity index (χ4v) is 3.67. The Balaban J connectivity index is 1.74. The van der Waals surface area contributed by atoms with Crippen LogP contribution in [0.15, 0.2) is 22.6 Å². The summed E-state index contributed by atoms with van der Waals surface area (Å²) < 4.78 is 5.88. The van der Waals surface area contributed by atoms with E-state index in [9.17, 15) is 0 Å². The number of hydrogen-bond donors (Lipinski definition) is 1. The standard InChI is InChI=1S/C14H15ClN2O/c15-9-4-5-11-12(6-9)18-14(17-11)13-10-3-1-2-8(10)7-16-13/h4-6,8,10,13,16H,1-3,7H2. The zero-order chi connectivity index (χ0) is 12.1. The molecule has 2 fully saturated rings. The quantitative estimate of drug-likeness (QED) is 0.854. The normalized spacial score (nSPS) is 31.1. The molecule has 1 saturated heterocycles. The minimum Gasteiger partial charge on any atom is -0.439 e. The van der Waals surface area contributed by atoms with Gasteiger partial charge >= 0.3 is 0 Å². The van der Waals surface area contributed by atoms with Crippen molar-refractivity contribution in [2.24, 2.45) is 11.8 Å². The summed E-state index contributed by atoms with van der Waals surface area (Å²) in [4.78, 5) is 4.61. The van der Waals surface area contributed by atoms with Crippen LogP contribution in [0.3, 0.4) is 0 Å². The lowest BCUT2D eigenvalue weighted by Gasteiger charge is -2.13. The topological polar surface area (TPSA) is 38.1 Å². The first-order chi connectivity index (χ1) is 8.81. The van der Waals surface area contributed by atoms with Gasteiger partial charge in [-0.15, -0.1) is 0 Å². The van der Waals surface area contributed by atoms with Crippen molar-refractivity contribution in [3.8, 4) is 0 Å². The Morgan fingerprint density at radius 2 is 2.28 bits per heavy atom. The van der Waals surface area contributed by atoms with E-state index in [-0.39, 0.29) is 0 Å². The van der Waals surface area contributed by atoms with Crippen LogP contribution in [0.5, 0.6) is 0 Å². The number of nitrogens with one attached hydrogen (secondary N) is 1. The lowest BCUT2D eigenvalue weighted by molar-refractivity contribution is 0.356. The van der Waals surface area contributed by atoms with Gasteiger partial charge in [0.05, 0.1) is 6.04 Å². The second-order valence-corrected chi connectivity index (χ2v) is 5.84. The van der Waals surface area contributed by atoms with E-state index in [1.807, 2.05) is 18.2 Å². The van der Waals surface area contributed by atoms with Crippen LogP contribution < -0.4 is 5.32 Å². The lowest BCUT2D eigenvalue weighted by Crippen LogP contribution is -2.17. The van der Waals surface area contributed by atoms with Crippen molar-refractivity contribution in [3.63, 3.8) is 0 Å². The van der Waals surface area contributed by atoms with Gasteiger partial charge in [0.15, 0.2) is 5.58 Å². The van der Waals surface area contributed by atoms with Gasteiger partial charge in [-0.1, -0.05) is 18.0 Å². The largest absolute Gasteiger partial charge is 0.439 e. The molecule has 2 aromatic rings. The Morgan fingerprint density at radius 1 is 1.33 bits per heavy atom. The van der Waals surface area contributed by atoms with Crippen LogP contribution >= 0.6 is 11.6 Å². The first-order valence-corrected chi connectivity index (χ1v) is 6.98. The molecule has 1 N–H and O–H groups in total. The van der Waals surface area contributed by atoms with E-state index < -0.39 is 0 Å². The molecule has 1 aromatic carbocycles. The lowest BCUT2D eigenvalue weighted by atomic mass is 9.94. The van der Waals surface area contributed by atoms with Gasteiger partial charge in [0, 0.05) is 11.1 Å². The maximum absolute atomic E-state index is 5.97. The minimum atomic E-state index is 0.295. The Bertz CT molecular complexity index is 594. The molecular formula is C14H15ClN2O. The molecule has 0 bridgehead atoms. The van der Waals surface area contributed by atoms with E-state index in [0.717, 1.165) is 29.5 Å². The van der Waals surface area contributed by atoms with Crippen LogP contribution in [0.25, 0.3) is 11.1 Å². The van der Waals surface area contributed by atoms with Gasteiger partial charge in [0.1, 0.15) is 5.52 Å². The SMILES string of the molecule is Clc1ccc2nc(C3NCC4CCCC43)oc2c1. The van der Waals surface area contributed by atoms with Gasteiger partial charge in [-0.2, -0.15) is 0 Å². The van der Waals surface area contributed by atoms with Gasteiger partial charge in [-0.3, -0.25) is 0 Å². The summed E-state index contributed by atoms with van der Waals surface area (Å²) in [6.45, 7) is 1.11. The molecule has 4 rings (SSSR count). The Labute approximate surface area is 111 Å². The molecule has 1 saturated carbocycles. The Morgan fingerprint density at radius 3 is 3.22 bits per heavy atom. The molecule has 2 heterocycles. The molecule has 94 valence electrons. The number of fused-ring (bicyclic) bond motifs is 2. The molecule has 3 unspecified atom stereocenters. The van der Waals surface area contributed by atoms with Crippen molar-refractivity contribution in [3.05, 3.63) is 29.1 Å². The van der Waals surface area contributed by atoms with Crippen molar-refractivity contribution < 1.29 is 4.42 Å². The molecule has 1 aromatic heterocycles. The van der Waals surface area contributed by atoms with Gasteiger partial charge < -0.3 is 9.73 Å². The number of hydrogen-bond acceptors (Lipinski definition) is 3. The summed E-state index contributed by atoms with van der Waals surface area (Å²) in [5, 5.41) is 4.26. The van der Waals surface area contributed by atoms with E-state index in [1.165, 1.54) is 19.3 Å². The van der Waals surface area contributed by atoms with Crippen LogP contribution in [0.2, 0.25) is 5.02 Å². The Kier molecular flexibility index (Phi) is 2.39. The summed E-state index contributed by atoms with van der Waals surface area (Å²) in [7, 11) is 0. The molecule has 18 heavy (non-hydrogen) atoms. The van der Waals surface area contributed by atoms with Crippen molar-refractivity contribution in [2.45, 2.75) is 25.3 Å². The Hall–Kier alpha value is -1.06. The zero-order valence-electron chi connectivity index (χ0n) is 10.0.